The van der Waals surface area contributed by atoms with Gasteiger partial charge in [-0.25, -0.2) is 22.9 Å². The molecule has 14 heteroatoms. The largest absolute Gasteiger partial charge is 0.478 e. The second kappa shape index (κ2) is 17.3. The number of carbonyl (C=O) groups is 3. The highest BCUT2D eigenvalue weighted by Crippen LogP contribution is 2.43. The molecule has 294 valence electrons. The average Bonchev–Trinajstić information content (AvgIpc) is 3.15. The van der Waals surface area contributed by atoms with Crippen LogP contribution in [0.25, 0.3) is 5.57 Å². The van der Waals surface area contributed by atoms with Gasteiger partial charge in [0.05, 0.1) is 45.6 Å². The number of unbranched alkanes of at least 4 members (excludes halogenated alkanes) is 3. The minimum atomic E-state index is -2.55. The standard InChI is InChI=1S/C41H48ClF2N3O7Si/c1-52-40(51)41(44)25-47(26-41)30-10-13-33-36(22-30)55(2,3)35-21-29(46-23-28(43)24-46)9-12-32(35)37(33)34-20-27(8-11-31(34)39(49)50)38(48)45-15-17-54-19-18-53-16-7-5-4-6-14-42/h8-13,20-22,28H,4-7,14-19,23-26H2,1-3H3,(H-,45,48,49,50)/p+1. The Morgan fingerprint density at radius 3 is 2.40 bits per heavy atom. The van der Waals surface area contributed by atoms with Gasteiger partial charge in [-0.05, 0) is 81.9 Å². The van der Waals surface area contributed by atoms with E-state index in [2.05, 4.69) is 29.2 Å². The number of fused-ring (bicyclic) bond motifs is 2. The molecule has 2 fully saturated rings. The van der Waals surface area contributed by atoms with E-state index in [0.29, 0.717) is 55.5 Å². The van der Waals surface area contributed by atoms with Crippen molar-refractivity contribution in [3.63, 3.8) is 0 Å². The number of halogens is 3. The van der Waals surface area contributed by atoms with E-state index in [9.17, 15) is 23.9 Å². The first-order chi connectivity index (χ1) is 26.4. The Morgan fingerprint density at radius 2 is 1.71 bits per heavy atom. The van der Waals surface area contributed by atoms with Crippen LogP contribution >= 0.6 is 11.6 Å². The first kappa shape index (κ1) is 40.5. The number of carbonyl (C=O) groups excluding carboxylic acids is 2. The molecule has 6 rings (SSSR count). The molecule has 0 aromatic heterocycles. The molecule has 55 heavy (non-hydrogen) atoms. The number of carboxylic acid groups (broad SMARTS) is 1. The summed E-state index contributed by atoms with van der Waals surface area (Å²) in [7, 11) is -1.38. The van der Waals surface area contributed by atoms with Crippen molar-refractivity contribution in [2.75, 3.05) is 77.0 Å². The third-order valence-corrected chi connectivity index (χ3v) is 14.5. The number of aromatic carboxylic acids is 1. The third kappa shape index (κ3) is 8.64. The van der Waals surface area contributed by atoms with E-state index in [-0.39, 0.29) is 37.7 Å². The number of esters is 1. The number of nitrogens with zero attached hydrogens (tertiary/aromatic N) is 2. The fraction of sp³-hybridized carbons (Fsp3) is 0.463. The van der Waals surface area contributed by atoms with Crippen LogP contribution in [0.2, 0.25) is 13.1 Å². The number of ether oxygens (including phenoxy) is 3. The molecule has 1 amide bonds. The molecule has 3 aliphatic heterocycles. The smallest absolute Gasteiger partial charge is 0.357 e. The van der Waals surface area contributed by atoms with Crippen LogP contribution in [0.5, 0.6) is 0 Å². The summed E-state index contributed by atoms with van der Waals surface area (Å²) in [5.41, 5.74) is 2.56. The molecule has 10 nitrogen and oxygen atoms in total. The highest BCUT2D eigenvalue weighted by Gasteiger charge is 2.58. The maximum atomic E-state index is 15.2. The van der Waals surface area contributed by atoms with Crippen molar-refractivity contribution in [2.45, 2.75) is 50.6 Å². The molecule has 0 radical (unpaired) electrons. The van der Waals surface area contributed by atoms with E-state index < -0.39 is 31.9 Å². The Balaban J connectivity index is 1.28. The monoisotopic (exact) mass is 796 g/mol. The van der Waals surface area contributed by atoms with Gasteiger partial charge >= 0.3 is 17.6 Å². The predicted molar refractivity (Wildman–Crippen MR) is 211 cm³/mol. The zero-order chi connectivity index (χ0) is 39.3. The quantitative estimate of drug-likeness (QED) is 0.0737. The lowest BCUT2D eigenvalue weighted by molar-refractivity contribution is -0.614. The van der Waals surface area contributed by atoms with Crippen LogP contribution in [0.3, 0.4) is 0 Å². The number of hydrogen-bond donors (Lipinski definition) is 2. The Bertz CT molecular complexity index is 1950. The van der Waals surface area contributed by atoms with Gasteiger partial charge < -0.3 is 29.5 Å². The second-order valence-electron chi connectivity index (χ2n) is 14.9. The molecule has 0 unspecified atom stereocenters. The number of benzene rings is 2. The second-order valence-corrected chi connectivity index (χ2v) is 19.6. The first-order valence-corrected chi connectivity index (χ1v) is 22.4. The van der Waals surface area contributed by atoms with Gasteiger partial charge in [0.2, 0.25) is 0 Å². The van der Waals surface area contributed by atoms with Crippen molar-refractivity contribution in [1.82, 2.24) is 5.32 Å². The SMILES string of the molecule is COC(=O)C1(F)C[N+](=C2C=CC3=C(c4cc(C(=O)NCCOCCOCCCCCCCl)ccc4C(=O)O)c4ccc(N5CC(F)C5)cc4[Si](C)(C)C3=C2)C1. The molecule has 0 bridgehead atoms. The van der Waals surface area contributed by atoms with E-state index in [0.717, 1.165) is 58.6 Å². The molecule has 0 saturated carbocycles. The van der Waals surface area contributed by atoms with Gasteiger partial charge in [0.1, 0.15) is 14.2 Å². The average molecular weight is 797 g/mol. The van der Waals surface area contributed by atoms with E-state index in [1.54, 1.807) is 10.6 Å². The molecule has 0 spiro atoms. The van der Waals surface area contributed by atoms with E-state index in [1.807, 2.05) is 35.3 Å². The van der Waals surface area contributed by atoms with Crippen molar-refractivity contribution in [2.24, 2.45) is 0 Å². The van der Waals surface area contributed by atoms with Crippen LogP contribution in [-0.2, 0) is 19.0 Å². The Labute approximate surface area is 326 Å². The normalized spacial score (nSPS) is 20.0. The van der Waals surface area contributed by atoms with E-state index in [4.69, 9.17) is 21.1 Å². The first-order valence-electron chi connectivity index (χ1n) is 18.8. The molecule has 1 aliphatic carbocycles. The maximum Gasteiger partial charge on any atom is 0.357 e. The highest BCUT2D eigenvalue weighted by atomic mass is 35.5. The molecular weight excluding hydrogens is 748 g/mol. The van der Waals surface area contributed by atoms with Crippen LogP contribution in [0.15, 0.2) is 65.4 Å². The number of methoxy groups -OCH3 is 1. The van der Waals surface area contributed by atoms with Gasteiger partial charge in [0, 0.05) is 42.4 Å². The summed E-state index contributed by atoms with van der Waals surface area (Å²) in [6.45, 7) is 6.78. The number of carboxylic acids is 1. The van der Waals surface area contributed by atoms with Gasteiger partial charge in [-0.2, -0.15) is 0 Å². The van der Waals surface area contributed by atoms with Crippen molar-refractivity contribution in [3.05, 3.63) is 87.6 Å². The summed E-state index contributed by atoms with van der Waals surface area (Å²) in [6, 6.07) is 10.6. The summed E-state index contributed by atoms with van der Waals surface area (Å²) >= 11 is 5.71. The maximum absolute atomic E-state index is 15.2. The van der Waals surface area contributed by atoms with Crippen molar-refractivity contribution in [3.8, 4) is 0 Å². The number of nitrogens with one attached hydrogen (secondary N) is 1. The van der Waals surface area contributed by atoms with Crippen LogP contribution in [-0.4, -0.2) is 125 Å². The Hall–Kier alpha value is -4.17. The number of hydrogen-bond acceptors (Lipinski definition) is 7. The summed E-state index contributed by atoms with van der Waals surface area (Å²) < 4.78 is 46.8. The fourth-order valence-corrected chi connectivity index (χ4v) is 10.8. The lowest BCUT2D eigenvalue weighted by Gasteiger charge is -2.41. The number of amides is 1. The number of rotatable bonds is 17. The van der Waals surface area contributed by atoms with Gasteiger partial charge in [0.25, 0.3) is 5.91 Å². The summed E-state index contributed by atoms with van der Waals surface area (Å²) in [5, 5.41) is 15.3. The lowest BCUT2D eigenvalue weighted by Crippen LogP contribution is -2.61. The number of anilines is 1. The third-order valence-electron chi connectivity index (χ3n) is 10.8. The lowest BCUT2D eigenvalue weighted by atomic mass is 9.86. The molecule has 3 heterocycles. The molecule has 2 N–H and O–H groups in total. The zero-order valence-corrected chi connectivity index (χ0v) is 33.4. The Morgan fingerprint density at radius 1 is 0.982 bits per heavy atom. The topological polar surface area (TPSA) is 117 Å². The Kier molecular flexibility index (Phi) is 12.7. The molecule has 4 aliphatic rings. The molecule has 2 aromatic rings. The van der Waals surface area contributed by atoms with Crippen LogP contribution < -0.4 is 15.4 Å². The minimum Gasteiger partial charge on any atom is -0.478 e. The van der Waals surface area contributed by atoms with Crippen LogP contribution in [0, 0.1) is 0 Å². The van der Waals surface area contributed by atoms with Crippen molar-refractivity contribution < 1.29 is 47.1 Å². The van der Waals surface area contributed by atoms with Crippen LogP contribution in [0.1, 0.15) is 57.5 Å². The molecular formula is C41H49ClF2N3O7Si+. The zero-order valence-electron chi connectivity index (χ0n) is 31.6. The molecule has 2 aromatic carbocycles. The molecule has 0 atom stereocenters. The predicted octanol–water partition coefficient (Wildman–Crippen LogP) is 5.22. The highest BCUT2D eigenvalue weighted by molar-refractivity contribution is 6.98. The minimum absolute atomic E-state index is 0.0337. The van der Waals surface area contributed by atoms with Gasteiger partial charge in [-0.15, -0.1) is 11.6 Å². The fourth-order valence-electron chi connectivity index (χ4n) is 7.59. The summed E-state index contributed by atoms with van der Waals surface area (Å²) in [5.74, 6) is -1.74. The van der Waals surface area contributed by atoms with Gasteiger partial charge in [0.15, 0.2) is 18.8 Å². The molecule has 2 saturated heterocycles. The summed E-state index contributed by atoms with van der Waals surface area (Å²) in [6.07, 6.45) is 9.06. The van der Waals surface area contributed by atoms with E-state index in [1.165, 1.54) is 19.2 Å². The number of allylic oxidation sites excluding steroid dienone is 5. The van der Waals surface area contributed by atoms with E-state index >= 15 is 4.39 Å². The van der Waals surface area contributed by atoms with Gasteiger partial charge in [-0.3, -0.25) is 4.79 Å². The summed E-state index contributed by atoms with van der Waals surface area (Å²) in [4.78, 5) is 40.3. The van der Waals surface area contributed by atoms with Crippen molar-refractivity contribution >= 4 is 59.7 Å². The van der Waals surface area contributed by atoms with Gasteiger partial charge in [-0.1, -0.05) is 32.0 Å². The van der Waals surface area contributed by atoms with Crippen LogP contribution in [0.4, 0.5) is 14.5 Å². The number of alkyl halides is 3. The van der Waals surface area contributed by atoms with Crippen molar-refractivity contribution in [1.29, 1.82) is 0 Å².